The van der Waals surface area contributed by atoms with Crippen LogP contribution in [0.3, 0.4) is 0 Å². The fraction of sp³-hybridized carbons (Fsp3) is 0. The van der Waals surface area contributed by atoms with Gasteiger partial charge in [0.2, 0.25) is 0 Å². The molecular formula is C14H9N3O5-2. The number of aromatic nitrogens is 2. The summed E-state index contributed by atoms with van der Waals surface area (Å²) in [6.45, 7) is 0. The molecule has 0 fully saturated rings. The van der Waals surface area contributed by atoms with E-state index < -0.39 is 23.1 Å². The van der Waals surface area contributed by atoms with Crippen molar-refractivity contribution in [3.63, 3.8) is 0 Å². The van der Waals surface area contributed by atoms with E-state index in [4.69, 9.17) is 0 Å². The number of rotatable bonds is 5. The highest BCUT2D eigenvalue weighted by Crippen LogP contribution is 2.16. The van der Waals surface area contributed by atoms with Crippen molar-refractivity contribution in [1.82, 2.24) is 9.97 Å². The Hall–Kier alpha value is -3.42. The topological polar surface area (TPSA) is 138 Å². The molecule has 2 aromatic heterocycles. The summed E-state index contributed by atoms with van der Waals surface area (Å²) in [5.74, 6) is -3.85. The van der Waals surface area contributed by atoms with Gasteiger partial charge in [-0.2, -0.15) is 0 Å². The molecule has 0 atom stereocenters. The molecule has 2 heterocycles. The average molecular weight is 299 g/mol. The summed E-state index contributed by atoms with van der Waals surface area (Å²) >= 11 is 0. The van der Waals surface area contributed by atoms with E-state index in [0.717, 1.165) is 0 Å². The van der Waals surface area contributed by atoms with Crippen LogP contribution in [0.25, 0.3) is 11.3 Å². The molecule has 0 spiro atoms. The number of anilines is 1. The van der Waals surface area contributed by atoms with Crippen LogP contribution in [0.15, 0.2) is 53.2 Å². The number of pyridine rings is 2. The molecule has 0 bridgehead atoms. The summed E-state index contributed by atoms with van der Waals surface area (Å²) in [6.07, 6.45) is 3.62. The molecule has 22 heavy (non-hydrogen) atoms. The minimum absolute atomic E-state index is 0.0526. The van der Waals surface area contributed by atoms with Crippen LogP contribution in [0, 0.1) is 0 Å². The van der Waals surface area contributed by atoms with Gasteiger partial charge in [-0.1, -0.05) is 6.07 Å². The summed E-state index contributed by atoms with van der Waals surface area (Å²) in [7, 11) is 0. The Balaban J connectivity index is 2.36. The van der Waals surface area contributed by atoms with Crippen LogP contribution in [-0.4, -0.2) is 21.9 Å². The molecule has 0 saturated heterocycles. The van der Waals surface area contributed by atoms with Crippen LogP contribution >= 0.6 is 0 Å². The second-order valence-corrected chi connectivity index (χ2v) is 4.12. The van der Waals surface area contributed by atoms with Crippen LogP contribution in [-0.2, 0) is 9.59 Å². The summed E-state index contributed by atoms with van der Waals surface area (Å²) < 4.78 is 0. The highest BCUT2D eigenvalue weighted by Gasteiger charge is 2.05. The Morgan fingerprint density at radius 1 is 1.23 bits per heavy atom. The minimum atomic E-state index is -1.93. The van der Waals surface area contributed by atoms with E-state index in [0.29, 0.717) is 17.5 Å². The second kappa shape index (κ2) is 6.35. The summed E-state index contributed by atoms with van der Waals surface area (Å²) in [5, 5.41) is 23.5. The van der Waals surface area contributed by atoms with Crippen molar-refractivity contribution in [3.8, 4) is 11.3 Å². The number of hydrogen-bond donors (Lipinski definition) is 2. The molecule has 0 aromatic carbocycles. The van der Waals surface area contributed by atoms with Crippen LogP contribution in [0.5, 0.6) is 0 Å². The molecule has 8 heteroatoms. The molecule has 0 unspecified atom stereocenters. The molecule has 0 aliphatic heterocycles. The molecule has 0 saturated carbocycles. The lowest BCUT2D eigenvalue weighted by molar-refractivity contribution is -0.312. The van der Waals surface area contributed by atoms with Crippen LogP contribution < -0.4 is 21.1 Å². The number of hydrogen-bond acceptors (Lipinski definition) is 7. The quantitative estimate of drug-likeness (QED) is 0.378. The van der Waals surface area contributed by atoms with Gasteiger partial charge in [0, 0.05) is 29.7 Å². The summed E-state index contributed by atoms with van der Waals surface area (Å²) in [5.41, 5.74) is -0.594. The van der Waals surface area contributed by atoms with Gasteiger partial charge >= 0.3 is 0 Å². The third-order valence-electron chi connectivity index (χ3n) is 2.68. The van der Waals surface area contributed by atoms with Gasteiger partial charge in [-0.15, -0.1) is 0 Å². The van der Waals surface area contributed by atoms with Gasteiger partial charge in [0.1, 0.15) is 5.69 Å². The van der Waals surface area contributed by atoms with E-state index in [1.54, 1.807) is 24.4 Å². The monoisotopic (exact) mass is 299 g/mol. The van der Waals surface area contributed by atoms with Gasteiger partial charge in [0.05, 0.1) is 17.6 Å². The van der Waals surface area contributed by atoms with E-state index in [9.17, 15) is 24.6 Å². The zero-order valence-corrected chi connectivity index (χ0v) is 11.0. The van der Waals surface area contributed by atoms with E-state index in [1.807, 2.05) is 0 Å². The molecule has 0 radical (unpaired) electrons. The molecule has 2 aromatic rings. The number of H-pyrrole nitrogens is 1. The third-order valence-corrected chi connectivity index (χ3v) is 2.68. The molecule has 112 valence electrons. The smallest absolute Gasteiger partial charge is 0.271 e. The Morgan fingerprint density at radius 3 is 2.55 bits per heavy atom. The zero-order chi connectivity index (χ0) is 16.1. The average Bonchev–Trinajstić information content (AvgIpc) is 2.49. The number of carbonyl (C=O) groups is 2. The second-order valence-electron chi connectivity index (χ2n) is 4.12. The number of carboxylic acids is 2. The first-order valence-corrected chi connectivity index (χ1v) is 6.02. The van der Waals surface area contributed by atoms with Gasteiger partial charge in [0.15, 0.2) is 0 Å². The Morgan fingerprint density at radius 2 is 1.95 bits per heavy atom. The number of carboxylic acid groups (broad SMARTS) is 2. The lowest BCUT2D eigenvalue weighted by Crippen LogP contribution is -2.36. The normalized spacial score (nSPS) is 9.82. The lowest BCUT2D eigenvalue weighted by atomic mass is 10.2. The third kappa shape index (κ3) is 3.37. The molecule has 0 aliphatic carbocycles. The first-order valence-electron chi connectivity index (χ1n) is 6.02. The van der Waals surface area contributed by atoms with E-state index in [-0.39, 0.29) is 5.69 Å². The van der Waals surface area contributed by atoms with Crippen molar-refractivity contribution in [1.29, 1.82) is 0 Å². The minimum Gasteiger partial charge on any atom is -0.545 e. The fourth-order valence-electron chi connectivity index (χ4n) is 1.62. The maximum Gasteiger partial charge on any atom is 0.271 e. The highest BCUT2D eigenvalue weighted by molar-refractivity contribution is 6.10. The van der Waals surface area contributed by atoms with Crippen LogP contribution in [0.1, 0.15) is 0 Å². The maximum atomic E-state index is 11.7. The van der Waals surface area contributed by atoms with Gasteiger partial charge in [-0.3, -0.25) is 9.78 Å². The molecular weight excluding hydrogens is 290 g/mol. The van der Waals surface area contributed by atoms with E-state index in [2.05, 4.69) is 15.3 Å². The van der Waals surface area contributed by atoms with Gasteiger partial charge in [-0.25, -0.2) is 0 Å². The first-order chi connectivity index (χ1) is 10.5. The van der Waals surface area contributed by atoms with Crippen molar-refractivity contribution >= 4 is 17.6 Å². The number of nitrogens with one attached hydrogen (secondary N) is 2. The van der Waals surface area contributed by atoms with Gasteiger partial charge in [-0.05, 0) is 18.2 Å². The van der Waals surface area contributed by atoms with Crippen molar-refractivity contribution in [2.45, 2.75) is 0 Å². The maximum absolute atomic E-state index is 11.7. The Bertz CT molecular complexity index is 780. The number of aliphatic carboxylic acids is 2. The molecule has 0 aliphatic rings. The highest BCUT2D eigenvalue weighted by atomic mass is 16.4. The van der Waals surface area contributed by atoms with E-state index in [1.165, 1.54) is 12.3 Å². The van der Waals surface area contributed by atoms with Crippen LogP contribution in [0.2, 0.25) is 0 Å². The molecule has 2 rings (SSSR count). The lowest BCUT2D eigenvalue weighted by Gasteiger charge is -2.10. The number of nitrogens with zero attached hydrogens (tertiary/aromatic N) is 1. The zero-order valence-electron chi connectivity index (χ0n) is 11.0. The molecule has 0 amide bonds. The molecule has 8 nitrogen and oxygen atoms in total. The summed E-state index contributed by atoms with van der Waals surface area (Å²) in [4.78, 5) is 39.4. The SMILES string of the molecule is O=C([O-])C(=CNc1cc(-c2ccccn2)c[nH]c1=O)C(=O)[O-]. The van der Waals surface area contributed by atoms with Crippen LogP contribution in [0.4, 0.5) is 5.69 Å². The van der Waals surface area contributed by atoms with E-state index >= 15 is 0 Å². The van der Waals surface area contributed by atoms with Crippen molar-refractivity contribution in [2.24, 2.45) is 0 Å². The Kier molecular flexibility index (Phi) is 4.33. The van der Waals surface area contributed by atoms with Crippen molar-refractivity contribution < 1.29 is 19.8 Å². The number of aromatic amines is 1. The van der Waals surface area contributed by atoms with Crippen molar-refractivity contribution in [2.75, 3.05) is 5.32 Å². The predicted octanol–water partition coefficient (Wildman–Crippen LogP) is -1.77. The van der Waals surface area contributed by atoms with Gasteiger partial charge < -0.3 is 30.1 Å². The fourth-order valence-corrected chi connectivity index (χ4v) is 1.62. The summed E-state index contributed by atoms with van der Waals surface area (Å²) in [6, 6.07) is 6.59. The molecule has 2 N–H and O–H groups in total. The first kappa shape index (κ1) is 15.0. The Labute approximate surface area is 123 Å². The van der Waals surface area contributed by atoms with Crippen molar-refractivity contribution in [3.05, 3.63) is 58.8 Å². The number of carbonyl (C=O) groups excluding carboxylic acids is 2. The standard InChI is InChI=1S/C14H11N3O5/c18-12-11(16-7-9(13(19)20)14(21)22)5-8(6-17-12)10-3-1-2-4-15-10/h1-7,16H,(H,17,18)(H,19,20)(H,21,22)/p-2. The van der Waals surface area contributed by atoms with Gasteiger partial charge in [0.25, 0.3) is 5.56 Å². The predicted molar refractivity (Wildman–Crippen MR) is 72.0 cm³/mol. The largest absolute Gasteiger partial charge is 0.545 e.